The molecule has 3 aromatic carbocycles. The molecular formula is C22H20F2N2O. The molecule has 0 aliphatic heterocycles. The zero-order valence-electron chi connectivity index (χ0n) is 14.9. The summed E-state index contributed by atoms with van der Waals surface area (Å²) in [6, 6.07) is 18.5. The third-order valence-corrected chi connectivity index (χ3v) is 4.25. The predicted molar refractivity (Wildman–Crippen MR) is 104 cm³/mol. The van der Waals surface area contributed by atoms with Crippen molar-refractivity contribution in [3.05, 3.63) is 95.1 Å². The summed E-state index contributed by atoms with van der Waals surface area (Å²) < 4.78 is 26.3. The number of halogens is 2. The standard InChI is InChI=1S/C22H20F2N2O/c1-2-16-7-3-4-9-21(16)25-14-15-6-5-8-17(12-15)22(27)26-18-10-11-19(23)20(24)13-18/h3-13,25H,2,14H2,1H3,(H,26,27). The van der Waals surface area contributed by atoms with Crippen LogP contribution >= 0.6 is 0 Å². The van der Waals surface area contributed by atoms with Gasteiger partial charge >= 0.3 is 0 Å². The van der Waals surface area contributed by atoms with Crippen LogP contribution in [0.5, 0.6) is 0 Å². The van der Waals surface area contributed by atoms with Crippen LogP contribution in [-0.2, 0) is 13.0 Å². The van der Waals surface area contributed by atoms with Crippen molar-refractivity contribution in [1.29, 1.82) is 0 Å². The van der Waals surface area contributed by atoms with Crippen LogP contribution in [-0.4, -0.2) is 5.91 Å². The Labute approximate surface area is 157 Å². The SMILES string of the molecule is CCc1ccccc1NCc1cccc(C(=O)Nc2ccc(F)c(F)c2)c1. The maximum Gasteiger partial charge on any atom is 0.255 e. The normalized spacial score (nSPS) is 10.5. The fraction of sp³-hybridized carbons (Fsp3) is 0.136. The number of carbonyl (C=O) groups excluding carboxylic acids is 1. The Morgan fingerprint density at radius 1 is 0.926 bits per heavy atom. The van der Waals surface area contributed by atoms with Gasteiger partial charge in [-0.05, 0) is 47.9 Å². The van der Waals surface area contributed by atoms with Crippen LogP contribution in [0.4, 0.5) is 20.2 Å². The summed E-state index contributed by atoms with van der Waals surface area (Å²) in [6.07, 6.45) is 0.930. The lowest BCUT2D eigenvalue weighted by atomic mass is 10.1. The van der Waals surface area contributed by atoms with E-state index in [2.05, 4.69) is 23.6 Å². The molecule has 0 fully saturated rings. The third-order valence-electron chi connectivity index (χ3n) is 4.25. The zero-order chi connectivity index (χ0) is 19.2. The van der Waals surface area contributed by atoms with Crippen LogP contribution in [0.3, 0.4) is 0 Å². The van der Waals surface area contributed by atoms with Crippen molar-refractivity contribution in [2.75, 3.05) is 10.6 Å². The van der Waals surface area contributed by atoms with Crippen molar-refractivity contribution < 1.29 is 13.6 Å². The molecule has 0 radical (unpaired) electrons. The molecule has 0 aromatic heterocycles. The van der Waals surface area contributed by atoms with Gasteiger partial charge in [0, 0.05) is 29.5 Å². The second-order valence-electron chi connectivity index (χ2n) is 6.15. The molecule has 0 spiro atoms. The number of hydrogen-bond acceptors (Lipinski definition) is 2. The molecule has 0 saturated carbocycles. The number of amides is 1. The minimum Gasteiger partial charge on any atom is -0.381 e. The topological polar surface area (TPSA) is 41.1 Å². The van der Waals surface area contributed by atoms with Crippen molar-refractivity contribution in [1.82, 2.24) is 0 Å². The van der Waals surface area contributed by atoms with E-state index < -0.39 is 11.6 Å². The number of anilines is 2. The lowest BCUT2D eigenvalue weighted by molar-refractivity contribution is 0.102. The first-order chi connectivity index (χ1) is 13.1. The monoisotopic (exact) mass is 366 g/mol. The van der Waals surface area contributed by atoms with Gasteiger partial charge in [-0.25, -0.2) is 8.78 Å². The predicted octanol–water partition coefficient (Wildman–Crippen LogP) is 5.39. The molecule has 138 valence electrons. The summed E-state index contributed by atoms with van der Waals surface area (Å²) in [7, 11) is 0. The minimum absolute atomic E-state index is 0.208. The quantitative estimate of drug-likeness (QED) is 0.614. The van der Waals surface area contributed by atoms with E-state index in [-0.39, 0.29) is 11.6 Å². The van der Waals surface area contributed by atoms with E-state index in [0.29, 0.717) is 12.1 Å². The summed E-state index contributed by atoms with van der Waals surface area (Å²) in [5.74, 6) is -2.33. The van der Waals surface area contributed by atoms with E-state index in [1.54, 1.807) is 18.2 Å². The Bertz CT molecular complexity index is 957. The maximum atomic E-state index is 13.3. The molecule has 0 heterocycles. The number of para-hydroxylation sites is 1. The van der Waals surface area contributed by atoms with E-state index in [1.165, 1.54) is 11.6 Å². The average Bonchev–Trinajstić information content (AvgIpc) is 2.69. The van der Waals surface area contributed by atoms with Gasteiger partial charge in [0.25, 0.3) is 5.91 Å². The van der Waals surface area contributed by atoms with Gasteiger partial charge in [-0.1, -0.05) is 37.3 Å². The van der Waals surface area contributed by atoms with E-state index in [4.69, 9.17) is 0 Å². The van der Waals surface area contributed by atoms with Crippen molar-refractivity contribution in [3.8, 4) is 0 Å². The first-order valence-corrected chi connectivity index (χ1v) is 8.74. The summed E-state index contributed by atoms with van der Waals surface area (Å²) in [6.45, 7) is 2.67. The number of aryl methyl sites for hydroxylation is 1. The van der Waals surface area contributed by atoms with Crippen LogP contribution in [0.15, 0.2) is 66.7 Å². The number of rotatable bonds is 6. The van der Waals surface area contributed by atoms with Gasteiger partial charge in [-0.3, -0.25) is 4.79 Å². The summed E-state index contributed by atoms with van der Waals surface area (Å²) in [5, 5.41) is 5.97. The summed E-state index contributed by atoms with van der Waals surface area (Å²) in [4.78, 5) is 12.4. The fourth-order valence-electron chi connectivity index (χ4n) is 2.80. The number of benzene rings is 3. The Morgan fingerprint density at radius 2 is 1.74 bits per heavy atom. The van der Waals surface area contributed by atoms with Crippen molar-refractivity contribution >= 4 is 17.3 Å². The van der Waals surface area contributed by atoms with Crippen LogP contribution in [0, 0.1) is 11.6 Å². The second kappa shape index (κ2) is 8.45. The van der Waals surface area contributed by atoms with Gasteiger partial charge in [0.05, 0.1) is 0 Å². The molecular weight excluding hydrogens is 346 g/mol. The Hall–Kier alpha value is -3.21. The number of nitrogens with one attached hydrogen (secondary N) is 2. The Morgan fingerprint density at radius 3 is 2.52 bits per heavy atom. The first-order valence-electron chi connectivity index (χ1n) is 8.74. The highest BCUT2D eigenvalue weighted by atomic mass is 19.2. The molecule has 0 atom stereocenters. The molecule has 3 aromatic rings. The summed E-state index contributed by atoms with van der Waals surface area (Å²) >= 11 is 0. The lowest BCUT2D eigenvalue weighted by Gasteiger charge is -2.12. The van der Waals surface area contributed by atoms with Gasteiger partial charge in [0.15, 0.2) is 11.6 Å². The van der Waals surface area contributed by atoms with Crippen LogP contribution in [0.1, 0.15) is 28.4 Å². The highest BCUT2D eigenvalue weighted by molar-refractivity contribution is 6.04. The van der Waals surface area contributed by atoms with E-state index >= 15 is 0 Å². The van der Waals surface area contributed by atoms with Crippen LogP contribution < -0.4 is 10.6 Å². The average molecular weight is 366 g/mol. The van der Waals surface area contributed by atoms with Crippen LogP contribution in [0.25, 0.3) is 0 Å². The summed E-state index contributed by atoms with van der Waals surface area (Å²) in [5.41, 5.74) is 3.89. The van der Waals surface area contributed by atoms with Crippen molar-refractivity contribution in [2.24, 2.45) is 0 Å². The highest BCUT2D eigenvalue weighted by Crippen LogP contribution is 2.18. The van der Waals surface area contributed by atoms with Crippen LogP contribution in [0.2, 0.25) is 0 Å². The molecule has 0 bridgehead atoms. The Balaban J connectivity index is 1.69. The molecule has 27 heavy (non-hydrogen) atoms. The third kappa shape index (κ3) is 4.70. The Kier molecular flexibility index (Phi) is 5.81. The lowest BCUT2D eigenvalue weighted by Crippen LogP contribution is -2.13. The van der Waals surface area contributed by atoms with Crippen molar-refractivity contribution in [2.45, 2.75) is 19.9 Å². The smallest absolute Gasteiger partial charge is 0.255 e. The number of carbonyl (C=O) groups is 1. The van der Waals surface area contributed by atoms with Gasteiger partial charge in [-0.15, -0.1) is 0 Å². The minimum atomic E-state index is -1.000. The molecule has 3 nitrogen and oxygen atoms in total. The van der Waals surface area contributed by atoms with Gasteiger partial charge in [-0.2, -0.15) is 0 Å². The second-order valence-corrected chi connectivity index (χ2v) is 6.15. The molecule has 0 aliphatic rings. The molecule has 0 unspecified atom stereocenters. The maximum absolute atomic E-state index is 13.3. The van der Waals surface area contributed by atoms with E-state index in [0.717, 1.165) is 29.8 Å². The number of hydrogen-bond donors (Lipinski definition) is 2. The van der Waals surface area contributed by atoms with Gasteiger partial charge in [0.2, 0.25) is 0 Å². The molecule has 2 N–H and O–H groups in total. The fourth-order valence-corrected chi connectivity index (χ4v) is 2.80. The molecule has 3 rings (SSSR count). The van der Waals surface area contributed by atoms with E-state index in [9.17, 15) is 13.6 Å². The highest BCUT2D eigenvalue weighted by Gasteiger charge is 2.09. The molecule has 5 heteroatoms. The molecule has 1 amide bonds. The van der Waals surface area contributed by atoms with Crippen molar-refractivity contribution in [3.63, 3.8) is 0 Å². The molecule has 0 saturated heterocycles. The molecule has 0 aliphatic carbocycles. The van der Waals surface area contributed by atoms with E-state index in [1.807, 2.05) is 24.3 Å². The largest absolute Gasteiger partial charge is 0.381 e. The van der Waals surface area contributed by atoms with Gasteiger partial charge < -0.3 is 10.6 Å². The zero-order valence-corrected chi connectivity index (χ0v) is 14.9. The first kappa shape index (κ1) is 18.6. The van der Waals surface area contributed by atoms with Gasteiger partial charge in [0.1, 0.15) is 0 Å².